The van der Waals surface area contributed by atoms with Gasteiger partial charge in [-0.3, -0.25) is 14.4 Å². The van der Waals surface area contributed by atoms with Crippen molar-refractivity contribution in [3.05, 3.63) is 64.7 Å². The van der Waals surface area contributed by atoms with Crippen LogP contribution in [0.5, 0.6) is 5.75 Å². The van der Waals surface area contributed by atoms with E-state index in [1.54, 1.807) is 35.2 Å². The van der Waals surface area contributed by atoms with Crippen molar-refractivity contribution in [2.45, 2.75) is 26.2 Å². The summed E-state index contributed by atoms with van der Waals surface area (Å²) in [6.07, 6.45) is 1.90. The summed E-state index contributed by atoms with van der Waals surface area (Å²) >= 11 is 6.11. The van der Waals surface area contributed by atoms with Gasteiger partial charge in [-0.15, -0.1) is 0 Å². The van der Waals surface area contributed by atoms with Crippen molar-refractivity contribution >= 4 is 29.4 Å². The predicted octanol–water partition coefficient (Wildman–Crippen LogP) is 3.48. The Morgan fingerprint density at radius 3 is 2.53 bits per heavy atom. The van der Waals surface area contributed by atoms with Crippen LogP contribution in [0.15, 0.2) is 48.5 Å². The van der Waals surface area contributed by atoms with E-state index in [0.29, 0.717) is 41.9 Å². The van der Waals surface area contributed by atoms with Gasteiger partial charge in [-0.1, -0.05) is 35.9 Å². The molecule has 0 aliphatic carbocycles. The summed E-state index contributed by atoms with van der Waals surface area (Å²) in [4.78, 5) is 37.9. The van der Waals surface area contributed by atoms with Gasteiger partial charge in [0.25, 0.3) is 5.91 Å². The smallest absolute Gasteiger partial charge is 0.308 e. The third-order valence-electron chi connectivity index (χ3n) is 5.14. The molecule has 1 aliphatic heterocycles. The normalized spacial score (nSPS) is 14.3. The van der Waals surface area contributed by atoms with Crippen LogP contribution < -0.4 is 10.1 Å². The highest BCUT2D eigenvalue weighted by molar-refractivity contribution is 6.31. The summed E-state index contributed by atoms with van der Waals surface area (Å²) in [6, 6.07) is 14.0. The lowest BCUT2D eigenvalue weighted by Crippen LogP contribution is -2.41. The van der Waals surface area contributed by atoms with Crippen molar-refractivity contribution in [3.8, 4) is 5.75 Å². The second-order valence-electron chi connectivity index (χ2n) is 7.43. The Bertz CT molecular complexity index is 923. The van der Waals surface area contributed by atoms with Crippen LogP contribution in [0.25, 0.3) is 0 Å². The average molecular weight is 429 g/mol. The number of carbonyl (C=O) groups excluding carboxylic acids is 3. The van der Waals surface area contributed by atoms with Gasteiger partial charge in [0.05, 0.1) is 6.42 Å². The van der Waals surface area contributed by atoms with E-state index in [1.807, 2.05) is 18.2 Å². The molecular weight excluding hydrogens is 404 g/mol. The number of esters is 1. The van der Waals surface area contributed by atoms with E-state index >= 15 is 0 Å². The van der Waals surface area contributed by atoms with Crippen LogP contribution in [0.2, 0.25) is 5.02 Å². The lowest BCUT2D eigenvalue weighted by atomic mass is 9.96. The number of rotatable bonds is 6. The highest BCUT2D eigenvalue weighted by atomic mass is 35.5. The average Bonchev–Trinajstić information content (AvgIpc) is 2.73. The number of ether oxygens (including phenoxy) is 1. The van der Waals surface area contributed by atoms with Crippen molar-refractivity contribution in [1.82, 2.24) is 10.2 Å². The molecule has 2 amide bonds. The third-order valence-corrected chi connectivity index (χ3v) is 5.51. The second-order valence-corrected chi connectivity index (χ2v) is 7.84. The van der Waals surface area contributed by atoms with Crippen LogP contribution in [0.1, 0.15) is 35.7 Å². The maximum atomic E-state index is 12.7. The quantitative estimate of drug-likeness (QED) is 0.564. The molecular formula is C23H25ClN2O4. The van der Waals surface area contributed by atoms with Gasteiger partial charge >= 0.3 is 5.97 Å². The molecule has 0 atom stereocenters. The zero-order valence-corrected chi connectivity index (χ0v) is 17.7. The SMILES string of the molecule is CC(=O)Oc1cccc(C(=O)N2CCC(CNC(=O)Cc3ccccc3Cl)CC2)c1. The minimum Gasteiger partial charge on any atom is -0.427 e. The van der Waals surface area contributed by atoms with Crippen LogP contribution >= 0.6 is 11.6 Å². The molecule has 0 aromatic heterocycles. The molecule has 0 unspecified atom stereocenters. The summed E-state index contributed by atoms with van der Waals surface area (Å²) < 4.78 is 5.06. The van der Waals surface area contributed by atoms with Crippen molar-refractivity contribution in [3.63, 3.8) is 0 Å². The molecule has 158 valence electrons. The number of likely N-dealkylation sites (tertiary alicyclic amines) is 1. The van der Waals surface area contributed by atoms with E-state index in [9.17, 15) is 14.4 Å². The fourth-order valence-electron chi connectivity index (χ4n) is 3.52. The molecule has 0 radical (unpaired) electrons. The van der Waals surface area contributed by atoms with Crippen LogP contribution in [0.4, 0.5) is 0 Å². The van der Waals surface area contributed by atoms with E-state index in [-0.39, 0.29) is 18.2 Å². The molecule has 2 aromatic carbocycles. The van der Waals surface area contributed by atoms with Crippen molar-refractivity contribution in [1.29, 1.82) is 0 Å². The van der Waals surface area contributed by atoms with Crippen LogP contribution in [-0.2, 0) is 16.0 Å². The first-order chi connectivity index (χ1) is 14.4. The molecule has 6 nitrogen and oxygen atoms in total. The van der Waals surface area contributed by atoms with E-state index in [4.69, 9.17) is 16.3 Å². The Labute approximate surface area is 181 Å². The van der Waals surface area contributed by atoms with Gasteiger partial charge in [0, 0.05) is 37.1 Å². The summed E-state index contributed by atoms with van der Waals surface area (Å²) in [7, 11) is 0. The molecule has 0 saturated carbocycles. The number of hydrogen-bond acceptors (Lipinski definition) is 4. The fourth-order valence-corrected chi connectivity index (χ4v) is 3.72. The highest BCUT2D eigenvalue weighted by Crippen LogP contribution is 2.21. The molecule has 30 heavy (non-hydrogen) atoms. The largest absolute Gasteiger partial charge is 0.427 e. The molecule has 0 bridgehead atoms. The van der Waals surface area contributed by atoms with Crippen LogP contribution in [0.3, 0.4) is 0 Å². The number of carbonyl (C=O) groups is 3. The second kappa shape index (κ2) is 10.3. The monoisotopic (exact) mass is 428 g/mol. The lowest BCUT2D eigenvalue weighted by molar-refractivity contribution is -0.131. The zero-order valence-electron chi connectivity index (χ0n) is 16.9. The molecule has 1 saturated heterocycles. The Morgan fingerprint density at radius 1 is 1.10 bits per heavy atom. The summed E-state index contributed by atoms with van der Waals surface area (Å²) in [5.74, 6) is 0.146. The van der Waals surface area contributed by atoms with Gasteiger partial charge in [-0.25, -0.2) is 0 Å². The van der Waals surface area contributed by atoms with Gasteiger partial charge in [-0.2, -0.15) is 0 Å². The summed E-state index contributed by atoms with van der Waals surface area (Å²) in [5, 5.41) is 3.57. The number of piperidine rings is 1. The molecule has 1 fully saturated rings. The Hall–Kier alpha value is -2.86. The number of hydrogen-bond donors (Lipinski definition) is 1. The summed E-state index contributed by atoms with van der Waals surface area (Å²) in [5.41, 5.74) is 1.31. The van der Waals surface area contributed by atoms with E-state index in [2.05, 4.69) is 5.32 Å². The van der Waals surface area contributed by atoms with E-state index < -0.39 is 5.97 Å². The van der Waals surface area contributed by atoms with E-state index in [0.717, 1.165) is 18.4 Å². The number of benzene rings is 2. The predicted molar refractivity (Wildman–Crippen MR) is 115 cm³/mol. The minimum atomic E-state index is -0.419. The van der Waals surface area contributed by atoms with Crippen molar-refractivity contribution < 1.29 is 19.1 Å². The minimum absolute atomic E-state index is 0.0520. The van der Waals surface area contributed by atoms with E-state index in [1.165, 1.54) is 6.92 Å². The van der Waals surface area contributed by atoms with Gasteiger partial charge < -0.3 is 15.0 Å². The third kappa shape index (κ3) is 6.07. The first kappa shape index (κ1) is 21.8. The number of amides is 2. The summed E-state index contributed by atoms with van der Waals surface area (Å²) in [6.45, 7) is 3.17. The molecule has 7 heteroatoms. The maximum Gasteiger partial charge on any atom is 0.308 e. The molecule has 3 rings (SSSR count). The van der Waals surface area contributed by atoms with Gasteiger partial charge in [0.1, 0.15) is 5.75 Å². The Kier molecular flexibility index (Phi) is 7.46. The van der Waals surface area contributed by atoms with Gasteiger partial charge in [-0.05, 0) is 48.6 Å². The number of nitrogens with one attached hydrogen (secondary N) is 1. The first-order valence-corrected chi connectivity index (χ1v) is 10.4. The highest BCUT2D eigenvalue weighted by Gasteiger charge is 2.24. The number of halogens is 1. The van der Waals surface area contributed by atoms with Crippen molar-refractivity contribution in [2.24, 2.45) is 5.92 Å². The molecule has 1 aliphatic rings. The van der Waals surface area contributed by atoms with Crippen LogP contribution in [0, 0.1) is 5.92 Å². The Balaban J connectivity index is 1.45. The van der Waals surface area contributed by atoms with Crippen LogP contribution in [-0.4, -0.2) is 42.3 Å². The fraction of sp³-hybridized carbons (Fsp3) is 0.348. The number of nitrogens with zero attached hydrogens (tertiary/aromatic N) is 1. The van der Waals surface area contributed by atoms with Gasteiger partial charge in [0.2, 0.25) is 5.91 Å². The Morgan fingerprint density at radius 2 is 1.83 bits per heavy atom. The molecule has 1 heterocycles. The topological polar surface area (TPSA) is 75.7 Å². The van der Waals surface area contributed by atoms with Crippen molar-refractivity contribution in [2.75, 3.05) is 19.6 Å². The molecule has 1 N–H and O–H groups in total. The lowest BCUT2D eigenvalue weighted by Gasteiger charge is -2.32. The zero-order chi connectivity index (χ0) is 21.5. The molecule has 0 spiro atoms. The van der Waals surface area contributed by atoms with Gasteiger partial charge in [0.15, 0.2) is 0 Å². The standard InChI is InChI=1S/C23H25ClN2O4/c1-16(27)30-20-7-4-6-19(13-20)23(29)26-11-9-17(10-12-26)15-25-22(28)14-18-5-2-3-8-21(18)24/h2-8,13,17H,9-12,14-15H2,1H3,(H,25,28). The first-order valence-electron chi connectivity index (χ1n) is 10.00. The molecule has 2 aromatic rings. The maximum absolute atomic E-state index is 12.7.